The quantitative estimate of drug-likeness (QED) is 0.692. The summed E-state index contributed by atoms with van der Waals surface area (Å²) in [5, 5.41) is 28.1. The average molecular weight is 294 g/mol. The molecule has 0 aromatic rings. The zero-order chi connectivity index (χ0) is 16.3. The van der Waals surface area contributed by atoms with Gasteiger partial charge < -0.3 is 4.90 Å². The zero-order valence-corrected chi connectivity index (χ0v) is 13.6. The minimum absolute atomic E-state index is 0.0371. The molecule has 0 amide bonds. The summed E-state index contributed by atoms with van der Waals surface area (Å²) < 4.78 is 0. The van der Waals surface area contributed by atoms with Crippen LogP contribution in [0.15, 0.2) is 22.4 Å². The number of likely N-dealkylation sites (tertiary alicyclic amines) is 1. The van der Waals surface area contributed by atoms with Crippen molar-refractivity contribution in [2.24, 2.45) is 11.3 Å². The Bertz CT molecular complexity index is 630. The van der Waals surface area contributed by atoms with Crippen LogP contribution in [0.4, 0.5) is 0 Å². The number of nitriles is 3. The number of nitrogens with zero attached hydrogens (tertiary/aromatic N) is 4. The first-order valence-corrected chi connectivity index (χ1v) is 7.83. The van der Waals surface area contributed by atoms with Crippen LogP contribution in [0.1, 0.15) is 46.5 Å². The van der Waals surface area contributed by atoms with E-state index in [1.165, 1.54) is 6.42 Å². The molecule has 0 radical (unpaired) electrons. The molecule has 1 heterocycles. The fraction of sp³-hybridized carbons (Fsp3) is 0.611. The predicted octanol–water partition coefficient (Wildman–Crippen LogP) is 3.66. The zero-order valence-electron chi connectivity index (χ0n) is 13.6. The van der Waals surface area contributed by atoms with E-state index >= 15 is 0 Å². The number of allylic oxidation sites excluding steroid dienone is 4. The molecule has 0 saturated carbocycles. The van der Waals surface area contributed by atoms with Gasteiger partial charge in [0.2, 0.25) is 0 Å². The Morgan fingerprint density at radius 3 is 2.41 bits per heavy atom. The normalized spacial score (nSPS) is 24.3. The minimum atomic E-state index is -0.0371. The molecule has 1 fully saturated rings. The summed E-state index contributed by atoms with van der Waals surface area (Å²) >= 11 is 0. The van der Waals surface area contributed by atoms with Gasteiger partial charge in [0.25, 0.3) is 0 Å². The van der Waals surface area contributed by atoms with Crippen molar-refractivity contribution >= 4 is 0 Å². The van der Waals surface area contributed by atoms with Gasteiger partial charge in [-0.1, -0.05) is 20.8 Å². The Hall–Kier alpha value is -2.25. The maximum Gasteiger partial charge on any atom is 0.134 e. The van der Waals surface area contributed by atoms with Crippen LogP contribution in [0, 0.1) is 45.3 Å². The Balaban J connectivity index is 2.57. The molecule has 0 bridgehead atoms. The molecule has 0 aromatic heterocycles. The van der Waals surface area contributed by atoms with Crippen LogP contribution in [-0.2, 0) is 0 Å². The van der Waals surface area contributed by atoms with Gasteiger partial charge in [-0.15, -0.1) is 0 Å². The number of hydrogen-bond acceptors (Lipinski definition) is 4. The van der Waals surface area contributed by atoms with E-state index in [1.54, 1.807) is 0 Å². The average Bonchev–Trinajstić information content (AvgIpc) is 2.47. The van der Waals surface area contributed by atoms with Crippen molar-refractivity contribution in [3.8, 4) is 18.2 Å². The molecule has 1 unspecified atom stereocenters. The van der Waals surface area contributed by atoms with Crippen LogP contribution in [0.3, 0.4) is 0 Å². The Labute approximate surface area is 132 Å². The van der Waals surface area contributed by atoms with Gasteiger partial charge in [-0.3, -0.25) is 0 Å². The number of hydrogen-bond donors (Lipinski definition) is 0. The molecule has 2 rings (SSSR count). The number of rotatable bonds is 1. The van der Waals surface area contributed by atoms with Gasteiger partial charge in [0.05, 0.1) is 5.57 Å². The third-order valence-electron chi connectivity index (χ3n) is 4.57. The van der Waals surface area contributed by atoms with Crippen molar-refractivity contribution in [1.82, 2.24) is 4.90 Å². The molecule has 1 aliphatic carbocycles. The van der Waals surface area contributed by atoms with E-state index in [1.807, 2.05) is 12.1 Å². The maximum absolute atomic E-state index is 9.65. The van der Waals surface area contributed by atoms with Gasteiger partial charge in [-0.05, 0) is 37.0 Å². The first-order valence-electron chi connectivity index (χ1n) is 7.83. The second-order valence-corrected chi connectivity index (χ2v) is 7.22. The Morgan fingerprint density at radius 1 is 1.18 bits per heavy atom. The van der Waals surface area contributed by atoms with Crippen LogP contribution in [0.25, 0.3) is 0 Å². The van der Waals surface area contributed by atoms with Gasteiger partial charge in [-0.2, -0.15) is 15.8 Å². The van der Waals surface area contributed by atoms with E-state index in [0.29, 0.717) is 23.5 Å². The molecule has 4 nitrogen and oxygen atoms in total. The van der Waals surface area contributed by atoms with Crippen LogP contribution in [0.5, 0.6) is 0 Å². The van der Waals surface area contributed by atoms with E-state index < -0.39 is 0 Å². The Morgan fingerprint density at radius 2 is 1.86 bits per heavy atom. The summed E-state index contributed by atoms with van der Waals surface area (Å²) in [5.41, 5.74) is 2.28. The van der Waals surface area contributed by atoms with E-state index in [4.69, 9.17) is 0 Å². The summed E-state index contributed by atoms with van der Waals surface area (Å²) in [5.74, 6) is 0.616. The summed E-state index contributed by atoms with van der Waals surface area (Å²) in [6, 6.07) is 6.22. The van der Waals surface area contributed by atoms with Crippen molar-refractivity contribution in [2.75, 3.05) is 13.1 Å². The van der Waals surface area contributed by atoms with Gasteiger partial charge in [0, 0.05) is 24.4 Å². The third-order valence-corrected chi connectivity index (χ3v) is 4.57. The molecular weight excluding hydrogens is 272 g/mol. The maximum atomic E-state index is 9.65. The van der Waals surface area contributed by atoms with Gasteiger partial charge >= 0.3 is 0 Å². The molecule has 1 aliphatic heterocycles. The molecule has 1 atom stereocenters. The molecule has 1 saturated heterocycles. The Kier molecular flexibility index (Phi) is 4.58. The second kappa shape index (κ2) is 6.25. The SMILES string of the molecule is CC1CCCN(C2=C(C#N)C(=C(C#N)C#N)CC(C)(C)C2)C1. The number of piperidine rings is 1. The topological polar surface area (TPSA) is 74.6 Å². The smallest absolute Gasteiger partial charge is 0.134 e. The molecular formula is C18H22N4. The van der Waals surface area contributed by atoms with Crippen molar-refractivity contribution in [3.05, 3.63) is 22.4 Å². The van der Waals surface area contributed by atoms with E-state index in [-0.39, 0.29) is 11.0 Å². The lowest BCUT2D eigenvalue weighted by Crippen LogP contribution is -2.37. The van der Waals surface area contributed by atoms with Crippen molar-refractivity contribution < 1.29 is 0 Å². The highest BCUT2D eigenvalue weighted by Crippen LogP contribution is 2.44. The van der Waals surface area contributed by atoms with Gasteiger partial charge in [0.15, 0.2) is 0 Å². The van der Waals surface area contributed by atoms with Crippen molar-refractivity contribution in [2.45, 2.75) is 46.5 Å². The molecule has 4 heteroatoms. The second-order valence-electron chi connectivity index (χ2n) is 7.22. The van der Waals surface area contributed by atoms with E-state index in [9.17, 15) is 15.8 Å². The molecule has 114 valence electrons. The summed E-state index contributed by atoms with van der Waals surface area (Å²) in [6.45, 7) is 8.43. The molecule has 0 spiro atoms. The van der Waals surface area contributed by atoms with Gasteiger partial charge in [0.1, 0.15) is 23.8 Å². The largest absolute Gasteiger partial charge is 0.373 e. The molecule has 22 heavy (non-hydrogen) atoms. The highest BCUT2D eigenvalue weighted by molar-refractivity contribution is 5.57. The van der Waals surface area contributed by atoms with Crippen LogP contribution in [0.2, 0.25) is 0 Å². The standard InChI is InChI=1S/C18H22N4/c1-13-5-4-6-22(12-13)17-8-18(2,3)7-15(16(17)11-21)14(9-19)10-20/h13H,4-8,12H2,1-3H3. The van der Waals surface area contributed by atoms with E-state index in [0.717, 1.165) is 31.6 Å². The monoisotopic (exact) mass is 294 g/mol. The van der Waals surface area contributed by atoms with Crippen LogP contribution in [-0.4, -0.2) is 18.0 Å². The van der Waals surface area contributed by atoms with Crippen molar-refractivity contribution in [3.63, 3.8) is 0 Å². The third kappa shape index (κ3) is 3.15. The predicted molar refractivity (Wildman–Crippen MR) is 83.9 cm³/mol. The van der Waals surface area contributed by atoms with Gasteiger partial charge in [-0.25, -0.2) is 0 Å². The van der Waals surface area contributed by atoms with Crippen LogP contribution >= 0.6 is 0 Å². The van der Waals surface area contributed by atoms with E-state index in [2.05, 4.69) is 31.7 Å². The lowest BCUT2D eigenvalue weighted by molar-refractivity contribution is 0.196. The highest BCUT2D eigenvalue weighted by Gasteiger charge is 2.35. The molecule has 0 N–H and O–H groups in total. The summed E-state index contributed by atoms with van der Waals surface area (Å²) in [6.07, 6.45) is 3.79. The lowest BCUT2D eigenvalue weighted by Gasteiger charge is -2.41. The summed E-state index contributed by atoms with van der Waals surface area (Å²) in [4.78, 5) is 2.31. The highest BCUT2D eigenvalue weighted by atomic mass is 15.1. The minimum Gasteiger partial charge on any atom is -0.373 e. The lowest BCUT2D eigenvalue weighted by atomic mass is 9.72. The molecule has 0 aromatic carbocycles. The fourth-order valence-electron chi connectivity index (χ4n) is 3.56. The fourth-order valence-corrected chi connectivity index (χ4v) is 3.56. The summed E-state index contributed by atoms with van der Waals surface area (Å²) in [7, 11) is 0. The molecule has 2 aliphatic rings. The van der Waals surface area contributed by atoms with Crippen molar-refractivity contribution in [1.29, 1.82) is 15.8 Å². The first-order chi connectivity index (χ1) is 10.4. The first kappa shape index (κ1) is 16.1. The van der Waals surface area contributed by atoms with Crippen LogP contribution < -0.4 is 0 Å².